The van der Waals surface area contributed by atoms with Gasteiger partial charge in [0.1, 0.15) is 0 Å². The Kier molecular flexibility index (Phi) is 3.53. The van der Waals surface area contributed by atoms with Crippen molar-refractivity contribution in [2.75, 3.05) is 0 Å². The first-order valence-corrected chi connectivity index (χ1v) is 6.28. The third-order valence-electron chi connectivity index (χ3n) is 3.25. The number of hydrogen-bond acceptors (Lipinski definition) is 2. The van der Waals surface area contributed by atoms with Crippen molar-refractivity contribution in [2.45, 2.75) is 26.0 Å². The summed E-state index contributed by atoms with van der Waals surface area (Å²) in [6, 6.07) is 10.3. The predicted molar refractivity (Wildman–Crippen MR) is 75.7 cm³/mol. The van der Waals surface area contributed by atoms with Gasteiger partial charge in [-0.25, -0.2) is 0 Å². The van der Waals surface area contributed by atoms with Crippen LogP contribution in [0, 0.1) is 20.8 Å². The van der Waals surface area contributed by atoms with E-state index >= 15 is 0 Å². The molecule has 0 aliphatic heterocycles. The summed E-state index contributed by atoms with van der Waals surface area (Å²) in [6.07, 6.45) is 1.82. The Hall–Kier alpha value is -1.28. The second-order valence-corrected chi connectivity index (χ2v) is 4.91. The molecule has 1 aromatic carbocycles. The van der Waals surface area contributed by atoms with Crippen molar-refractivity contribution in [1.29, 1.82) is 0 Å². The average molecular weight is 243 g/mol. The number of aryl methyl sites for hydroxylation is 2. The van der Waals surface area contributed by atoms with Gasteiger partial charge in [0.25, 0.3) is 0 Å². The first-order chi connectivity index (χ1) is 8.11. The van der Waals surface area contributed by atoms with Gasteiger partial charge in [-0.05, 0) is 55.2 Å². The molecular weight excluding hydrogens is 226 g/mol. The summed E-state index contributed by atoms with van der Waals surface area (Å²) in [5, 5.41) is 0.0519. The standard InChI is InChI=1S/C15H17NS/c1-10-7-8-11(2)14(12(10)3)15(17)13-6-4-5-9-16-13/h4-9,15,17H,1-3H3. The molecule has 0 spiro atoms. The lowest BCUT2D eigenvalue weighted by atomic mass is 9.94. The van der Waals surface area contributed by atoms with Crippen LogP contribution in [0.15, 0.2) is 36.5 Å². The maximum atomic E-state index is 4.73. The summed E-state index contributed by atoms with van der Waals surface area (Å²) >= 11 is 4.73. The minimum atomic E-state index is 0.0519. The number of thiol groups is 1. The highest BCUT2D eigenvalue weighted by Crippen LogP contribution is 2.32. The van der Waals surface area contributed by atoms with E-state index in [0.29, 0.717) is 0 Å². The first kappa shape index (κ1) is 12.2. The van der Waals surface area contributed by atoms with E-state index in [2.05, 4.69) is 37.9 Å². The van der Waals surface area contributed by atoms with E-state index in [-0.39, 0.29) is 5.25 Å². The van der Waals surface area contributed by atoms with Gasteiger partial charge in [-0.1, -0.05) is 18.2 Å². The minimum Gasteiger partial charge on any atom is -0.260 e. The number of aromatic nitrogens is 1. The predicted octanol–water partition coefficient (Wildman–Crippen LogP) is 4.03. The van der Waals surface area contributed by atoms with Gasteiger partial charge in [0.15, 0.2) is 0 Å². The van der Waals surface area contributed by atoms with E-state index in [9.17, 15) is 0 Å². The van der Waals surface area contributed by atoms with Crippen LogP contribution in [0.25, 0.3) is 0 Å². The molecule has 1 atom stereocenters. The molecule has 2 aromatic rings. The number of hydrogen-bond donors (Lipinski definition) is 1. The highest BCUT2D eigenvalue weighted by molar-refractivity contribution is 7.80. The molecule has 0 saturated heterocycles. The molecule has 17 heavy (non-hydrogen) atoms. The fourth-order valence-corrected chi connectivity index (χ4v) is 2.63. The lowest BCUT2D eigenvalue weighted by molar-refractivity contribution is 1.02. The van der Waals surface area contributed by atoms with E-state index in [1.807, 2.05) is 24.4 Å². The second-order valence-electron chi connectivity index (χ2n) is 4.40. The summed E-state index contributed by atoms with van der Waals surface area (Å²) in [5.74, 6) is 0. The molecule has 1 heterocycles. The van der Waals surface area contributed by atoms with Crippen LogP contribution in [-0.4, -0.2) is 4.98 Å². The van der Waals surface area contributed by atoms with Crippen molar-refractivity contribution in [3.05, 3.63) is 64.5 Å². The third-order valence-corrected chi connectivity index (χ3v) is 3.77. The monoisotopic (exact) mass is 243 g/mol. The van der Waals surface area contributed by atoms with Gasteiger partial charge in [0.05, 0.1) is 10.9 Å². The molecular formula is C15H17NS. The van der Waals surface area contributed by atoms with Crippen LogP contribution in [0.4, 0.5) is 0 Å². The third kappa shape index (κ3) is 2.37. The Morgan fingerprint density at radius 1 is 1.00 bits per heavy atom. The van der Waals surface area contributed by atoms with Crippen molar-refractivity contribution in [1.82, 2.24) is 4.98 Å². The molecule has 0 aliphatic carbocycles. The number of pyridine rings is 1. The molecule has 88 valence electrons. The smallest absolute Gasteiger partial charge is 0.0694 e. The van der Waals surface area contributed by atoms with Crippen LogP contribution in [0.5, 0.6) is 0 Å². The van der Waals surface area contributed by atoms with E-state index in [4.69, 9.17) is 12.6 Å². The maximum absolute atomic E-state index is 4.73. The fourth-order valence-electron chi connectivity index (χ4n) is 2.08. The molecule has 0 amide bonds. The Morgan fingerprint density at radius 3 is 2.35 bits per heavy atom. The van der Waals surface area contributed by atoms with Crippen LogP contribution in [0.1, 0.15) is 33.2 Å². The topological polar surface area (TPSA) is 12.9 Å². The molecule has 0 N–H and O–H groups in total. The van der Waals surface area contributed by atoms with Crippen LogP contribution in [-0.2, 0) is 0 Å². The van der Waals surface area contributed by atoms with Crippen molar-refractivity contribution in [3.63, 3.8) is 0 Å². The lowest BCUT2D eigenvalue weighted by Crippen LogP contribution is -2.02. The van der Waals surface area contributed by atoms with Gasteiger partial charge in [0.2, 0.25) is 0 Å². The first-order valence-electron chi connectivity index (χ1n) is 5.77. The zero-order chi connectivity index (χ0) is 12.4. The molecule has 1 nitrogen and oxygen atoms in total. The second kappa shape index (κ2) is 4.92. The molecule has 0 fully saturated rings. The van der Waals surface area contributed by atoms with Gasteiger partial charge in [0, 0.05) is 6.20 Å². The van der Waals surface area contributed by atoms with E-state index in [0.717, 1.165) is 5.69 Å². The Balaban J connectivity index is 2.51. The van der Waals surface area contributed by atoms with Crippen molar-refractivity contribution >= 4 is 12.6 Å². The Morgan fingerprint density at radius 2 is 1.71 bits per heavy atom. The van der Waals surface area contributed by atoms with Crippen LogP contribution >= 0.6 is 12.6 Å². The summed E-state index contributed by atoms with van der Waals surface area (Å²) in [4.78, 5) is 4.39. The maximum Gasteiger partial charge on any atom is 0.0694 e. The fraction of sp³-hybridized carbons (Fsp3) is 0.267. The molecule has 0 radical (unpaired) electrons. The quantitative estimate of drug-likeness (QED) is 0.786. The molecule has 0 saturated carbocycles. The normalized spacial score (nSPS) is 12.5. The van der Waals surface area contributed by atoms with Crippen LogP contribution < -0.4 is 0 Å². The van der Waals surface area contributed by atoms with Gasteiger partial charge in [-0.15, -0.1) is 0 Å². The van der Waals surface area contributed by atoms with Gasteiger partial charge < -0.3 is 0 Å². The highest BCUT2D eigenvalue weighted by atomic mass is 32.1. The van der Waals surface area contributed by atoms with E-state index < -0.39 is 0 Å². The Bertz CT molecular complexity index is 520. The zero-order valence-corrected chi connectivity index (χ0v) is 11.3. The summed E-state index contributed by atoms with van der Waals surface area (Å²) < 4.78 is 0. The number of rotatable bonds is 2. The summed E-state index contributed by atoms with van der Waals surface area (Å²) in [7, 11) is 0. The van der Waals surface area contributed by atoms with E-state index in [1.54, 1.807) is 0 Å². The van der Waals surface area contributed by atoms with Gasteiger partial charge >= 0.3 is 0 Å². The molecule has 0 bridgehead atoms. The van der Waals surface area contributed by atoms with Crippen molar-refractivity contribution in [3.8, 4) is 0 Å². The summed E-state index contributed by atoms with van der Waals surface area (Å²) in [6.45, 7) is 6.43. The number of benzene rings is 1. The highest BCUT2D eigenvalue weighted by Gasteiger charge is 2.16. The summed E-state index contributed by atoms with van der Waals surface area (Å²) in [5.41, 5.74) is 6.19. The molecule has 1 unspecified atom stereocenters. The molecule has 0 aliphatic rings. The van der Waals surface area contributed by atoms with Crippen LogP contribution in [0.2, 0.25) is 0 Å². The van der Waals surface area contributed by atoms with E-state index in [1.165, 1.54) is 22.3 Å². The van der Waals surface area contributed by atoms with Crippen LogP contribution in [0.3, 0.4) is 0 Å². The SMILES string of the molecule is Cc1ccc(C)c(C(S)c2ccccn2)c1C. The van der Waals surface area contributed by atoms with Gasteiger partial charge in [-0.3, -0.25) is 4.98 Å². The molecule has 1 aromatic heterocycles. The zero-order valence-electron chi connectivity index (χ0n) is 10.4. The minimum absolute atomic E-state index is 0.0519. The van der Waals surface area contributed by atoms with Crippen molar-refractivity contribution < 1.29 is 0 Å². The average Bonchev–Trinajstić information content (AvgIpc) is 2.35. The lowest BCUT2D eigenvalue weighted by Gasteiger charge is -2.18. The largest absolute Gasteiger partial charge is 0.260 e. The van der Waals surface area contributed by atoms with Gasteiger partial charge in [-0.2, -0.15) is 12.6 Å². The molecule has 2 rings (SSSR count). The number of nitrogens with zero attached hydrogens (tertiary/aromatic N) is 1. The molecule has 2 heteroatoms. The Labute approximate surface area is 108 Å². The van der Waals surface area contributed by atoms with Crippen molar-refractivity contribution in [2.24, 2.45) is 0 Å².